The predicted octanol–water partition coefficient (Wildman–Crippen LogP) is 2.44. The van der Waals surface area contributed by atoms with Crippen LogP contribution >= 0.6 is 0 Å². The molecule has 0 saturated heterocycles. The summed E-state index contributed by atoms with van der Waals surface area (Å²) >= 11 is 0. The summed E-state index contributed by atoms with van der Waals surface area (Å²) in [4.78, 5) is 11.9. The molecule has 0 radical (unpaired) electrons. The average Bonchev–Trinajstić information content (AvgIpc) is 2.57. The van der Waals surface area contributed by atoms with E-state index >= 15 is 0 Å². The molecule has 3 heteroatoms. The Morgan fingerprint density at radius 2 is 2.31 bits per heavy atom. The van der Waals surface area contributed by atoms with Gasteiger partial charge in [0.2, 0.25) is 0 Å². The second-order valence-corrected chi connectivity index (χ2v) is 4.44. The van der Waals surface area contributed by atoms with Crippen molar-refractivity contribution >= 4 is 5.97 Å². The summed E-state index contributed by atoms with van der Waals surface area (Å²) in [5.41, 5.74) is -0.0542. The van der Waals surface area contributed by atoms with Gasteiger partial charge in [-0.15, -0.1) is 0 Å². The van der Waals surface area contributed by atoms with Crippen LogP contribution in [0.3, 0.4) is 0 Å². The van der Waals surface area contributed by atoms with E-state index in [9.17, 15) is 9.90 Å². The molecule has 1 N–H and O–H groups in total. The maximum absolute atomic E-state index is 11.9. The van der Waals surface area contributed by atoms with E-state index in [4.69, 9.17) is 4.74 Å². The SMILES string of the molecule is CCCC(C(=O)OCC)C1(O)CCC=C1C. The van der Waals surface area contributed by atoms with Crippen molar-refractivity contribution in [3.8, 4) is 0 Å². The van der Waals surface area contributed by atoms with Crippen LogP contribution in [-0.2, 0) is 9.53 Å². The monoisotopic (exact) mass is 226 g/mol. The second-order valence-electron chi connectivity index (χ2n) is 4.44. The van der Waals surface area contributed by atoms with Crippen LogP contribution in [0.15, 0.2) is 11.6 Å². The quantitative estimate of drug-likeness (QED) is 0.578. The Morgan fingerprint density at radius 3 is 2.75 bits per heavy atom. The Kier molecular flexibility index (Phi) is 4.54. The molecule has 0 spiro atoms. The lowest BCUT2D eigenvalue weighted by molar-refractivity contribution is -0.156. The first-order valence-corrected chi connectivity index (χ1v) is 6.12. The Balaban J connectivity index is 2.84. The van der Waals surface area contributed by atoms with Gasteiger partial charge in [-0.05, 0) is 38.7 Å². The van der Waals surface area contributed by atoms with E-state index in [1.807, 2.05) is 19.9 Å². The summed E-state index contributed by atoms with van der Waals surface area (Å²) in [5, 5.41) is 10.6. The lowest BCUT2D eigenvalue weighted by atomic mass is 9.80. The van der Waals surface area contributed by atoms with Crippen LogP contribution in [0.1, 0.15) is 46.5 Å². The van der Waals surface area contributed by atoms with Crippen molar-refractivity contribution in [3.63, 3.8) is 0 Å². The van der Waals surface area contributed by atoms with Gasteiger partial charge in [-0.2, -0.15) is 0 Å². The number of rotatable bonds is 5. The topological polar surface area (TPSA) is 46.5 Å². The highest BCUT2D eigenvalue weighted by Crippen LogP contribution is 2.39. The van der Waals surface area contributed by atoms with Crippen molar-refractivity contribution in [1.29, 1.82) is 0 Å². The zero-order chi connectivity index (χ0) is 12.2. The Morgan fingerprint density at radius 1 is 1.62 bits per heavy atom. The van der Waals surface area contributed by atoms with Gasteiger partial charge in [0.1, 0.15) is 0 Å². The minimum atomic E-state index is -0.970. The van der Waals surface area contributed by atoms with Gasteiger partial charge in [-0.25, -0.2) is 0 Å². The molecule has 2 atom stereocenters. The molecule has 1 rings (SSSR count). The van der Waals surface area contributed by atoms with Crippen molar-refractivity contribution in [1.82, 2.24) is 0 Å². The lowest BCUT2D eigenvalue weighted by Crippen LogP contribution is -2.42. The molecule has 0 aliphatic heterocycles. The van der Waals surface area contributed by atoms with Crippen molar-refractivity contribution in [2.24, 2.45) is 5.92 Å². The fraction of sp³-hybridized carbons (Fsp3) is 0.769. The highest BCUT2D eigenvalue weighted by molar-refractivity contribution is 5.75. The first kappa shape index (κ1) is 13.2. The Labute approximate surface area is 97.5 Å². The standard InChI is InChI=1S/C13H22O3/c1-4-7-11(12(14)16-5-2)13(15)9-6-8-10(13)3/h8,11,15H,4-7,9H2,1-3H3. The van der Waals surface area contributed by atoms with E-state index in [2.05, 4.69) is 0 Å². The number of allylic oxidation sites excluding steroid dienone is 1. The Bertz CT molecular complexity index is 283. The molecule has 0 aromatic rings. The summed E-state index contributed by atoms with van der Waals surface area (Å²) in [6.45, 7) is 6.08. The largest absolute Gasteiger partial charge is 0.466 e. The lowest BCUT2D eigenvalue weighted by Gasteiger charge is -2.32. The van der Waals surface area contributed by atoms with Crippen LogP contribution in [0.5, 0.6) is 0 Å². The smallest absolute Gasteiger partial charge is 0.312 e. The maximum Gasteiger partial charge on any atom is 0.312 e. The number of esters is 1. The molecule has 1 aliphatic rings. The summed E-state index contributed by atoms with van der Waals surface area (Å²) in [6.07, 6.45) is 5.06. The van der Waals surface area contributed by atoms with Crippen LogP contribution in [-0.4, -0.2) is 23.3 Å². The highest BCUT2D eigenvalue weighted by Gasteiger charge is 2.44. The molecule has 16 heavy (non-hydrogen) atoms. The normalized spacial score (nSPS) is 26.4. The molecule has 1 aliphatic carbocycles. The zero-order valence-electron chi connectivity index (χ0n) is 10.5. The van der Waals surface area contributed by atoms with Crippen LogP contribution in [0.4, 0.5) is 0 Å². The molecule has 0 heterocycles. The summed E-state index contributed by atoms with van der Waals surface area (Å²) in [7, 11) is 0. The van der Waals surface area contributed by atoms with Gasteiger partial charge in [0.05, 0.1) is 18.1 Å². The first-order chi connectivity index (χ1) is 7.56. The minimum Gasteiger partial charge on any atom is -0.466 e. The van der Waals surface area contributed by atoms with Crippen LogP contribution < -0.4 is 0 Å². The number of aliphatic hydroxyl groups is 1. The van der Waals surface area contributed by atoms with Gasteiger partial charge in [0, 0.05) is 0 Å². The molecule has 0 fully saturated rings. The maximum atomic E-state index is 11.9. The fourth-order valence-corrected chi connectivity index (χ4v) is 2.41. The van der Waals surface area contributed by atoms with Gasteiger partial charge >= 0.3 is 5.97 Å². The molecule has 2 unspecified atom stereocenters. The average molecular weight is 226 g/mol. The van der Waals surface area contributed by atoms with Gasteiger partial charge in [-0.3, -0.25) is 4.79 Å². The van der Waals surface area contributed by atoms with E-state index in [1.54, 1.807) is 6.92 Å². The molecule has 92 valence electrons. The van der Waals surface area contributed by atoms with Crippen LogP contribution in [0.25, 0.3) is 0 Å². The second kappa shape index (κ2) is 5.48. The van der Waals surface area contributed by atoms with Gasteiger partial charge in [0.15, 0.2) is 0 Å². The van der Waals surface area contributed by atoms with Gasteiger partial charge < -0.3 is 9.84 Å². The molecule has 0 aromatic carbocycles. The third-order valence-electron chi connectivity index (χ3n) is 3.38. The molecular weight excluding hydrogens is 204 g/mol. The number of carbonyl (C=O) groups excluding carboxylic acids is 1. The summed E-state index contributed by atoms with van der Waals surface area (Å²) in [6, 6.07) is 0. The molecule has 0 aromatic heterocycles. The van der Waals surface area contributed by atoms with E-state index in [1.165, 1.54) is 0 Å². The number of carbonyl (C=O) groups is 1. The molecular formula is C13H22O3. The first-order valence-electron chi connectivity index (χ1n) is 6.12. The zero-order valence-corrected chi connectivity index (χ0v) is 10.5. The third-order valence-corrected chi connectivity index (χ3v) is 3.38. The predicted molar refractivity (Wildman–Crippen MR) is 63.0 cm³/mol. The van der Waals surface area contributed by atoms with Crippen molar-refractivity contribution in [2.45, 2.75) is 52.1 Å². The number of hydrogen-bond acceptors (Lipinski definition) is 3. The Hall–Kier alpha value is -0.830. The van der Waals surface area contributed by atoms with Gasteiger partial charge in [-0.1, -0.05) is 19.4 Å². The molecule has 3 nitrogen and oxygen atoms in total. The fourth-order valence-electron chi connectivity index (χ4n) is 2.41. The number of hydrogen-bond donors (Lipinski definition) is 1. The highest BCUT2D eigenvalue weighted by atomic mass is 16.5. The van der Waals surface area contributed by atoms with Crippen molar-refractivity contribution in [3.05, 3.63) is 11.6 Å². The number of ether oxygens (including phenoxy) is 1. The minimum absolute atomic E-state index is 0.262. The van der Waals surface area contributed by atoms with Crippen LogP contribution in [0, 0.1) is 5.92 Å². The van der Waals surface area contributed by atoms with E-state index in [-0.39, 0.29) is 5.97 Å². The van der Waals surface area contributed by atoms with E-state index < -0.39 is 11.5 Å². The summed E-state index contributed by atoms with van der Waals surface area (Å²) in [5.74, 6) is -0.669. The third kappa shape index (κ3) is 2.46. The molecule has 0 bridgehead atoms. The van der Waals surface area contributed by atoms with Crippen LogP contribution in [0.2, 0.25) is 0 Å². The summed E-state index contributed by atoms with van der Waals surface area (Å²) < 4.78 is 5.06. The molecule has 0 saturated carbocycles. The van der Waals surface area contributed by atoms with E-state index in [0.29, 0.717) is 19.4 Å². The molecule has 0 amide bonds. The van der Waals surface area contributed by atoms with E-state index in [0.717, 1.165) is 18.4 Å². The van der Waals surface area contributed by atoms with Crippen molar-refractivity contribution in [2.75, 3.05) is 6.61 Å². The van der Waals surface area contributed by atoms with Gasteiger partial charge in [0.25, 0.3) is 0 Å². The van der Waals surface area contributed by atoms with Crippen molar-refractivity contribution < 1.29 is 14.6 Å².